The molecule has 2 aromatic rings. The first-order chi connectivity index (χ1) is 12.7. The van der Waals surface area contributed by atoms with Crippen LogP contribution in [0.2, 0.25) is 0 Å². The van der Waals surface area contributed by atoms with E-state index in [1.165, 1.54) is 0 Å². The third-order valence-corrected chi connectivity index (χ3v) is 4.42. The summed E-state index contributed by atoms with van der Waals surface area (Å²) in [6.07, 6.45) is -4.51. The highest BCUT2D eigenvalue weighted by Gasteiger charge is 2.34. The predicted molar refractivity (Wildman–Crippen MR) is 97.0 cm³/mol. The van der Waals surface area contributed by atoms with Gasteiger partial charge in [-0.05, 0) is 17.7 Å². The van der Waals surface area contributed by atoms with Crippen LogP contribution in [0.5, 0.6) is 5.75 Å². The fourth-order valence-electron chi connectivity index (χ4n) is 2.96. The van der Waals surface area contributed by atoms with Gasteiger partial charge in [-0.15, -0.1) is 0 Å². The lowest BCUT2D eigenvalue weighted by atomic mass is 10.2. The molecule has 0 unspecified atom stereocenters. The molecule has 1 aliphatic rings. The van der Waals surface area contributed by atoms with Gasteiger partial charge in [-0.25, -0.2) is 4.98 Å². The smallest absolute Gasteiger partial charge is 0.433 e. The van der Waals surface area contributed by atoms with E-state index in [0.717, 1.165) is 11.6 Å². The third kappa shape index (κ3) is 4.79. The molecule has 1 N–H and O–H groups in total. The van der Waals surface area contributed by atoms with Crippen LogP contribution in [-0.2, 0) is 12.7 Å². The predicted octanol–water partition coefficient (Wildman–Crippen LogP) is 2.59. The van der Waals surface area contributed by atoms with Gasteiger partial charge >= 0.3 is 6.18 Å². The Morgan fingerprint density at radius 2 is 1.78 bits per heavy atom. The van der Waals surface area contributed by atoms with E-state index in [1.807, 2.05) is 6.07 Å². The van der Waals surface area contributed by atoms with Gasteiger partial charge in [0.15, 0.2) is 5.69 Å². The summed E-state index contributed by atoms with van der Waals surface area (Å²) in [5, 5.41) is 9.56. The third-order valence-electron chi connectivity index (χ3n) is 4.42. The maximum Gasteiger partial charge on any atom is 0.433 e. The summed E-state index contributed by atoms with van der Waals surface area (Å²) in [6, 6.07) is 8.02. The summed E-state index contributed by atoms with van der Waals surface area (Å²) in [5.74, 6) is 0.555. The molecule has 0 saturated carbocycles. The first-order valence-electron chi connectivity index (χ1n) is 8.61. The Kier molecular flexibility index (Phi) is 5.41. The number of aromatic hydroxyl groups is 1. The lowest BCUT2D eigenvalue weighted by Gasteiger charge is -2.35. The SMILES string of the molecule is CN(C)c1cc(C(F)(F)F)nc(N2CCN(Cc3cccc(O)c3)CC2)n1. The summed E-state index contributed by atoms with van der Waals surface area (Å²) in [4.78, 5) is 13.5. The standard InChI is InChI=1S/C18H22F3N5O/c1-24(2)16-11-15(18(19,20)21)22-17(23-16)26-8-6-25(7-9-26)12-13-4-3-5-14(27)10-13/h3-5,10-11,27H,6-9,12H2,1-2H3. The Balaban J connectivity index is 1.71. The zero-order valence-electron chi connectivity index (χ0n) is 15.2. The van der Waals surface area contributed by atoms with Crippen LogP contribution in [0.1, 0.15) is 11.3 Å². The van der Waals surface area contributed by atoms with Crippen molar-refractivity contribution in [2.45, 2.75) is 12.7 Å². The van der Waals surface area contributed by atoms with Crippen LogP contribution in [0.25, 0.3) is 0 Å². The van der Waals surface area contributed by atoms with Gasteiger partial charge in [-0.3, -0.25) is 4.90 Å². The summed E-state index contributed by atoms with van der Waals surface area (Å²) < 4.78 is 39.5. The molecule has 27 heavy (non-hydrogen) atoms. The molecule has 6 nitrogen and oxygen atoms in total. The molecule has 0 spiro atoms. The number of alkyl halides is 3. The van der Waals surface area contributed by atoms with Gasteiger partial charge in [0, 0.05) is 52.9 Å². The van der Waals surface area contributed by atoms with Gasteiger partial charge < -0.3 is 14.9 Å². The highest BCUT2D eigenvalue weighted by molar-refractivity contribution is 5.46. The second-order valence-corrected chi connectivity index (χ2v) is 6.74. The van der Waals surface area contributed by atoms with E-state index < -0.39 is 11.9 Å². The van der Waals surface area contributed by atoms with Crippen LogP contribution in [-0.4, -0.2) is 60.2 Å². The highest BCUT2D eigenvalue weighted by Crippen LogP contribution is 2.31. The summed E-state index contributed by atoms with van der Waals surface area (Å²) in [6.45, 7) is 3.09. The molecule has 1 saturated heterocycles. The number of phenolic OH excluding ortho intramolecular Hbond substituents is 1. The van der Waals surface area contributed by atoms with E-state index in [1.54, 1.807) is 42.1 Å². The Morgan fingerprint density at radius 3 is 2.37 bits per heavy atom. The molecule has 146 valence electrons. The molecular formula is C18H22F3N5O. The van der Waals surface area contributed by atoms with Crippen molar-refractivity contribution in [1.82, 2.24) is 14.9 Å². The van der Waals surface area contributed by atoms with Crippen molar-refractivity contribution in [3.05, 3.63) is 41.6 Å². The number of rotatable bonds is 4. The Morgan fingerprint density at radius 1 is 1.07 bits per heavy atom. The first-order valence-corrected chi connectivity index (χ1v) is 8.61. The van der Waals surface area contributed by atoms with E-state index in [2.05, 4.69) is 14.9 Å². The highest BCUT2D eigenvalue weighted by atomic mass is 19.4. The topological polar surface area (TPSA) is 55.7 Å². The van der Waals surface area contributed by atoms with Gasteiger partial charge in [-0.2, -0.15) is 18.2 Å². The maximum atomic E-state index is 13.2. The number of hydrogen-bond donors (Lipinski definition) is 1. The Bertz CT molecular complexity index is 789. The van der Waals surface area contributed by atoms with Gasteiger partial charge in [0.2, 0.25) is 5.95 Å². The maximum absolute atomic E-state index is 13.2. The monoisotopic (exact) mass is 381 g/mol. The van der Waals surface area contributed by atoms with Crippen LogP contribution in [0.15, 0.2) is 30.3 Å². The summed E-state index contributed by atoms with van der Waals surface area (Å²) >= 11 is 0. The van der Waals surface area contributed by atoms with E-state index in [0.29, 0.717) is 32.7 Å². The molecule has 0 aliphatic carbocycles. The average Bonchev–Trinajstić information content (AvgIpc) is 2.61. The molecule has 1 aromatic carbocycles. The molecular weight excluding hydrogens is 359 g/mol. The molecule has 0 atom stereocenters. The van der Waals surface area contributed by atoms with Gasteiger partial charge in [0.05, 0.1) is 0 Å². The van der Waals surface area contributed by atoms with Crippen molar-refractivity contribution < 1.29 is 18.3 Å². The second-order valence-electron chi connectivity index (χ2n) is 6.74. The van der Waals surface area contributed by atoms with Crippen molar-refractivity contribution in [2.24, 2.45) is 0 Å². The molecule has 2 heterocycles. The van der Waals surface area contributed by atoms with Crippen LogP contribution < -0.4 is 9.80 Å². The van der Waals surface area contributed by atoms with E-state index in [-0.39, 0.29) is 17.5 Å². The van der Waals surface area contributed by atoms with Crippen molar-refractivity contribution in [1.29, 1.82) is 0 Å². The number of piperazine rings is 1. The summed E-state index contributed by atoms with van der Waals surface area (Å²) in [7, 11) is 3.30. The van der Waals surface area contributed by atoms with Crippen LogP contribution in [0.4, 0.5) is 24.9 Å². The van der Waals surface area contributed by atoms with Gasteiger partial charge in [0.1, 0.15) is 11.6 Å². The number of aromatic nitrogens is 2. The Hall–Kier alpha value is -2.55. The minimum absolute atomic E-state index is 0.102. The van der Waals surface area contributed by atoms with Crippen LogP contribution in [0, 0.1) is 0 Å². The van der Waals surface area contributed by atoms with Gasteiger partial charge in [0.25, 0.3) is 0 Å². The van der Waals surface area contributed by atoms with Crippen molar-refractivity contribution in [3.63, 3.8) is 0 Å². The lowest BCUT2D eigenvalue weighted by molar-refractivity contribution is -0.141. The molecule has 9 heteroatoms. The average molecular weight is 381 g/mol. The number of hydrogen-bond acceptors (Lipinski definition) is 6. The molecule has 1 fully saturated rings. The van der Waals surface area contributed by atoms with Crippen molar-refractivity contribution >= 4 is 11.8 Å². The fraction of sp³-hybridized carbons (Fsp3) is 0.444. The van der Waals surface area contributed by atoms with Crippen LogP contribution >= 0.6 is 0 Å². The molecule has 0 amide bonds. The number of halogens is 3. The number of nitrogens with zero attached hydrogens (tertiary/aromatic N) is 5. The normalized spacial score (nSPS) is 15.8. The van der Waals surface area contributed by atoms with Gasteiger partial charge in [-0.1, -0.05) is 12.1 Å². The molecule has 0 bridgehead atoms. The lowest BCUT2D eigenvalue weighted by Crippen LogP contribution is -2.46. The molecule has 1 aliphatic heterocycles. The van der Waals surface area contributed by atoms with Crippen molar-refractivity contribution in [2.75, 3.05) is 50.1 Å². The second kappa shape index (κ2) is 7.59. The minimum atomic E-state index is -4.51. The molecule has 3 rings (SSSR count). The number of anilines is 2. The van der Waals surface area contributed by atoms with E-state index >= 15 is 0 Å². The van der Waals surface area contributed by atoms with Crippen LogP contribution in [0.3, 0.4) is 0 Å². The molecule has 0 radical (unpaired) electrons. The zero-order valence-corrected chi connectivity index (χ0v) is 15.2. The number of benzene rings is 1. The quantitative estimate of drug-likeness (QED) is 0.879. The molecule has 1 aromatic heterocycles. The Labute approximate surface area is 155 Å². The largest absolute Gasteiger partial charge is 0.508 e. The van der Waals surface area contributed by atoms with E-state index in [9.17, 15) is 18.3 Å². The fourth-order valence-corrected chi connectivity index (χ4v) is 2.96. The zero-order chi connectivity index (χ0) is 19.6. The number of phenols is 1. The minimum Gasteiger partial charge on any atom is -0.508 e. The van der Waals surface area contributed by atoms with E-state index in [4.69, 9.17) is 0 Å². The summed E-state index contributed by atoms with van der Waals surface area (Å²) in [5.41, 5.74) is 0.0621. The first kappa shape index (κ1) is 19.2. The van der Waals surface area contributed by atoms with Crippen molar-refractivity contribution in [3.8, 4) is 5.75 Å².